The summed E-state index contributed by atoms with van der Waals surface area (Å²) >= 11 is 0. The van der Waals surface area contributed by atoms with Crippen LogP contribution in [0.15, 0.2) is 0 Å². The molecule has 0 spiro atoms. The second kappa shape index (κ2) is 4.86. The first-order chi connectivity index (χ1) is 7.89. The topological polar surface area (TPSA) is 57.6 Å². The molecule has 0 bridgehead atoms. The van der Waals surface area contributed by atoms with Crippen LogP contribution in [0.4, 0.5) is 0 Å². The van der Waals surface area contributed by atoms with E-state index in [1.807, 2.05) is 0 Å². The average Bonchev–Trinajstić information content (AvgIpc) is 2.25. The van der Waals surface area contributed by atoms with Gasteiger partial charge in [0.15, 0.2) is 0 Å². The molecule has 0 aromatic carbocycles. The molecule has 1 saturated heterocycles. The van der Waals surface area contributed by atoms with Gasteiger partial charge in [0.1, 0.15) is 9.84 Å². The van der Waals surface area contributed by atoms with Crippen molar-refractivity contribution in [3.8, 4) is 0 Å². The van der Waals surface area contributed by atoms with Gasteiger partial charge in [-0.2, -0.15) is 0 Å². The number of hydrogen-bond donors (Lipinski definition) is 1. The average molecular weight is 261 g/mol. The van der Waals surface area contributed by atoms with Crippen molar-refractivity contribution in [2.75, 3.05) is 31.6 Å². The van der Waals surface area contributed by atoms with Crippen LogP contribution >= 0.6 is 0 Å². The van der Waals surface area contributed by atoms with Gasteiger partial charge in [0.25, 0.3) is 0 Å². The minimum atomic E-state index is -2.87. The highest BCUT2D eigenvalue weighted by atomic mass is 32.2. The molecule has 17 heavy (non-hydrogen) atoms. The summed E-state index contributed by atoms with van der Waals surface area (Å²) in [5.41, 5.74) is -0.458. The molecule has 0 aromatic heterocycles. The van der Waals surface area contributed by atoms with E-state index in [9.17, 15) is 13.5 Å². The molecule has 1 N–H and O–H groups in total. The molecule has 1 heterocycles. The van der Waals surface area contributed by atoms with Gasteiger partial charge in [-0.15, -0.1) is 0 Å². The van der Waals surface area contributed by atoms with Crippen LogP contribution in [0.3, 0.4) is 0 Å². The van der Waals surface area contributed by atoms with Gasteiger partial charge in [-0.05, 0) is 19.3 Å². The van der Waals surface area contributed by atoms with E-state index in [-0.39, 0.29) is 5.75 Å². The van der Waals surface area contributed by atoms with Crippen LogP contribution in [0, 0.1) is 5.92 Å². The maximum atomic E-state index is 11.1. The van der Waals surface area contributed by atoms with Crippen molar-refractivity contribution in [1.82, 2.24) is 4.90 Å². The Bertz CT molecular complexity index is 368. The van der Waals surface area contributed by atoms with Gasteiger partial charge in [-0.25, -0.2) is 8.42 Å². The molecule has 4 nitrogen and oxygen atoms in total. The van der Waals surface area contributed by atoms with Gasteiger partial charge in [-0.3, -0.25) is 0 Å². The molecule has 2 fully saturated rings. The molecule has 100 valence electrons. The van der Waals surface area contributed by atoms with Crippen LogP contribution in [-0.2, 0) is 9.84 Å². The third-order valence-electron chi connectivity index (χ3n) is 4.29. The molecule has 1 saturated carbocycles. The van der Waals surface area contributed by atoms with Gasteiger partial charge in [0, 0.05) is 31.8 Å². The molecule has 0 amide bonds. The molecular weight excluding hydrogens is 238 g/mol. The highest BCUT2D eigenvalue weighted by Crippen LogP contribution is 2.39. The predicted molar refractivity (Wildman–Crippen MR) is 67.7 cm³/mol. The predicted octanol–water partition coefficient (Wildman–Crippen LogP) is 0.658. The van der Waals surface area contributed by atoms with Crippen LogP contribution < -0.4 is 0 Å². The van der Waals surface area contributed by atoms with E-state index in [1.165, 1.54) is 12.7 Å². The number of nitrogens with zero attached hydrogens (tertiary/aromatic N) is 1. The van der Waals surface area contributed by atoms with Crippen molar-refractivity contribution >= 4 is 9.84 Å². The van der Waals surface area contributed by atoms with E-state index in [2.05, 4.69) is 4.90 Å². The molecule has 5 heteroatoms. The van der Waals surface area contributed by atoms with Gasteiger partial charge >= 0.3 is 0 Å². The number of piperidine rings is 1. The maximum Gasteiger partial charge on any atom is 0.148 e. The van der Waals surface area contributed by atoms with E-state index in [0.29, 0.717) is 12.5 Å². The van der Waals surface area contributed by atoms with Crippen molar-refractivity contribution in [1.29, 1.82) is 0 Å². The Hall–Kier alpha value is -0.130. The highest BCUT2D eigenvalue weighted by Gasteiger charge is 2.42. The van der Waals surface area contributed by atoms with E-state index >= 15 is 0 Å². The van der Waals surface area contributed by atoms with Crippen LogP contribution in [0.5, 0.6) is 0 Å². The van der Waals surface area contributed by atoms with Crippen LogP contribution in [0.2, 0.25) is 0 Å². The monoisotopic (exact) mass is 261 g/mol. The third-order valence-corrected chi connectivity index (χ3v) is 5.21. The van der Waals surface area contributed by atoms with E-state index in [0.717, 1.165) is 38.8 Å². The summed E-state index contributed by atoms with van der Waals surface area (Å²) in [4.78, 5) is 2.20. The van der Waals surface area contributed by atoms with Gasteiger partial charge in [-0.1, -0.05) is 12.8 Å². The zero-order chi connectivity index (χ0) is 12.5. The second-order valence-corrected chi connectivity index (χ2v) is 7.99. The Morgan fingerprint density at radius 1 is 1.35 bits per heavy atom. The van der Waals surface area contributed by atoms with Crippen molar-refractivity contribution in [3.05, 3.63) is 0 Å². The lowest BCUT2D eigenvalue weighted by molar-refractivity contribution is -0.0942. The fourth-order valence-electron chi connectivity index (χ4n) is 3.14. The highest BCUT2D eigenvalue weighted by molar-refractivity contribution is 7.90. The van der Waals surface area contributed by atoms with Crippen LogP contribution in [0.1, 0.15) is 32.1 Å². The summed E-state index contributed by atoms with van der Waals surface area (Å²) in [5.74, 6) is 0.586. The van der Waals surface area contributed by atoms with E-state index in [1.54, 1.807) is 0 Å². The largest absolute Gasteiger partial charge is 0.390 e. The Morgan fingerprint density at radius 2 is 2.12 bits per heavy atom. The number of fused-ring (bicyclic) bond motifs is 1. The molecule has 2 aliphatic rings. The third kappa shape index (κ3) is 3.42. The first-order valence-corrected chi connectivity index (χ1v) is 8.58. The Morgan fingerprint density at radius 3 is 2.82 bits per heavy atom. The fraction of sp³-hybridized carbons (Fsp3) is 1.00. The lowest BCUT2D eigenvalue weighted by Gasteiger charge is -2.47. The second-order valence-electron chi connectivity index (χ2n) is 5.73. The van der Waals surface area contributed by atoms with Crippen molar-refractivity contribution in [2.24, 2.45) is 5.92 Å². The Kier molecular flexibility index (Phi) is 3.80. The van der Waals surface area contributed by atoms with E-state index < -0.39 is 15.4 Å². The first-order valence-electron chi connectivity index (χ1n) is 6.51. The smallest absolute Gasteiger partial charge is 0.148 e. The minimum absolute atomic E-state index is 0.234. The summed E-state index contributed by atoms with van der Waals surface area (Å²) < 4.78 is 22.3. The Labute approximate surface area is 104 Å². The number of hydrogen-bond acceptors (Lipinski definition) is 4. The van der Waals surface area contributed by atoms with Gasteiger partial charge in [0.05, 0.1) is 11.4 Å². The van der Waals surface area contributed by atoms with Crippen molar-refractivity contribution in [2.45, 2.75) is 37.7 Å². The Balaban J connectivity index is 1.89. The molecule has 1 aliphatic carbocycles. The number of rotatable bonds is 3. The van der Waals surface area contributed by atoms with E-state index in [4.69, 9.17) is 0 Å². The normalized spacial score (nSPS) is 35.5. The summed E-state index contributed by atoms with van der Waals surface area (Å²) in [7, 11) is -2.87. The lowest BCUT2D eigenvalue weighted by Crippen LogP contribution is -2.53. The SMILES string of the molecule is CS(=O)(=O)CCN1CC[C@@]2(O)CCCC[C@H]2C1. The van der Waals surface area contributed by atoms with Gasteiger partial charge in [0.2, 0.25) is 0 Å². The maximum absolute atomic E-state index is 11.1. The summed E-state index contributed by atoms with van der Waals surface area (Å²) in [6.07, 6.45) is 6.45. The zero-order valence-electron chi connectivity index (χ0n) is 10.6. The van der Waals surface area contributed by atoms with Gasteiger partial charge < -0.3 is 10.0 Å². The number of sulfone groups is 1. The summed E-state index contributed by atoms with van der Waals surface area (Å²) in [6, 6.07) is 0. The summed E-state index contributed by atoms with van der Waals surface area (Å²) in [5, 5.41) is 10.5. The standard InChI is InChI=1S/C12H23NO3S/c1-17(15,16)9-8-13-7-6-12(14)5-3-2-4-11(12)10-13/h11,14H,2-10H2,1H3/t11-,12-/m0/s1. The molecule has 2 rings (SSSR count). The molecule has 0 aromatic rings. The quantitative estimate of drug-likeness (QED) is 0.811. The molecule has 0 unspecified atom stereocenters. The minimum Gasteiger partial charge on any atom is -0.390 e. The number of aliphatic hydroxyl groups is 1. The lowest BCUT2D eigenvalue weighted by atomic mass is 9.71. The molecule has 2 atom stereocenters. The first kappa shape index (κ1) is 13.3. The van der Waals surface area contributed by atoms with Crippen LogP contribution in [0.25, 0.3) is 0 Å². The molecule has 1 aliphatic heterocycles. The fourth-order valence-corrected chi connectivity index (χ4v) is 3.73. The molecule has 0 radical (unpaired) electrons. The van der Waals surface area contributed by atoms with Crippen molar-refractivity contribution in [3.63, 3.8) is 0 Å². The molecular formula is C12H23NO3S. The zero-order valence-corrected chi connectivity index (χ0v) is 11.4. The van der Waals surface area contributed by atoms with Crippen LogP contribution in [-0.4, -0.2) is 55.7 Å². The summed E-state index contributed by atoms with van der Waals surface area (Å²) in [6.45, 7) is 2.32. The number of likely N-dealkylation sites (tertiary alicyclic amines) is 1. The van der Waals surface area contributed by atoms with Crippen molar-refractivity contribution < 1.29 is 13.5 Å².